The molecule has 2 rings (SSSR count). The van der Waals surface area contributed by atoms with Crippen LogP contribution in [0.4, 0.5) is 5.82 Å². The minimum absolute atomic E-state index is 0.328. The molecule has 1 aliphatic rings. The van der Waals surface area contributed by atoms with Gasteiger partial charge < -0.3 is 10.2 Å². The first-order valence-corrected chi connectivity index (χ1v) is 8.05. The largest absolute Gasteiger partial charge is 0.354 e. The van der Waals surface area contributed by atoms with Gasteiger partial charge in [-0.1, -0.05) is 6.92 Å². The van der Waals surface area contributed by atoms with Crippen molar-refractivity contribution in [2.75, 3.05) is 30.3 Å². The number of nitrogens with zero attached hydrogens (tertiary/aromatic N) is 2. The van der Waals surface area contributed by atoms with Gasteiger partial charge >= 0.3 is 0 Å². The minimum atomic E-state index is 0.328. The van der Waals surface area contributed by atoms with Crippen LogP contribution in [0.25, 0.3) is 0 Å². The van der Waals surface area contributed by atoms with E-state index >= 15 is 0 Å². The molecule has 3 nitrogen and oxygen atoms in total. The SMILES string of the molecule is CCNCc1cnc(N2CCSC(C)(C)C2)c(C)c1. The molecular weight excluding hydrogens is 254 g/mol. The highest BCUT2D eigenvalue weighted by atomic mass is 32.2. The molecular formula is C15H25N3S. The maximum absolute atomic E-state index is 4.70. The second-order valence-corrected chi connectivity index (χ2v) is 7.60. The Morgan fingerprint density at radius 3 is 2.89 bits per heavy atom. The van der Waals surface area contributed by atoms with Gasteiger partial charge in [-0.25, -0.2) is 4.98 Å². The van der Waals surface area contributed by atoms with E-state index in [-0.39, 0.29) is 0 Å². The first kappa shape index (κ1) is 14.7. The normalized spacial score (nSPS) is 18.6. The Bertz CT molecular complexity index is 431. The quantitative estimate of drug-likeness (QED) is 0.917. The van der Waals surface area contributed by atoms with Gasteiger partial charge in [0.1, 0.15) is 5.82 Å². The lowest BCUT2D eigenvalue weighted by molar-refractivity contribution is 0.640. The summed E-state index contributed by atoms with van der Waals surface area (Å²) in [6, 6.07) is 2.26. The number of aromatic nitrogens is 1. The molecule has 0 saturated carbocycles. The third-order valence-corrected chi connectivity index (χ3v) is 4.71. The summed E-state index contributed by atoms with van der Waals surface area (Å²) in [5.74, 6) is 2.35. The number of rotatable bonds is 4. The molecule has 0 bridgehead atoms. The van der Waals surface area contributed by atoms with Gasteiger partial charge in [-0.05, 0) is 44.5 Å². The summed E-state index contributed by atoms with van der Waals surface area (Å²) in [7, 11) is 0. The number of thioether (sulfide) groups is 1. The second-order valence-electron chi connectivity index (χ2n) is 5.79. The minimum Gasteiger partial charge on any atom is -0.354 e. The highest BCUT2D eigenvalue weighted by Gasteiger charge is 2.28. The first-order valence-electron chi connectivity index (χ1n) is 7.07. The number of aryl methyl sites for hydroxylation is 1. The summed E-state index contributed by atoms with van der Waals surface area (Å²) in [5.41, 5.74) is 2.56. The van der Waals surface area contributed by atoms with Crippen molar-refractivity contribution < 1.29 is 0 Å². The van der Waals surface area contributed by atoms with Crippen molar-refractivity contribution in [3.63, 3.8) is 0 Å². The van der Waals surface area contributed by atoms with Gasteiger partial charge in [0.25, 0.3) is 0 Å². The van der Waals surface area contributed by atoms with Crippen LogP contribution in [0.5, 0.6) is 0 Å². The highest BCUT2D eigenvalue weighted by molar-refractivity contribution is 8.00. The standard InChI is InChI=1S/C15H25N3S/c1-5-16-9-13-8-12(2)14(17-10-13)18-6-7-19-15(3,4)11-18/h8,10,16H,5-7,9,11H2,1-4H3. The molecule has 1 fully saturated rings. The average molecular weight is 279 g/mol. The molecule has 0 radical (unpaired) electrons. The van der Waals surface area contributed by atoms with Crippen molar-refractivity contribution >= 4 is 17.6 Å². The van der Waals surface area contributed by atoms with Crippen LogP contribution in [0.15, 0.2) is 12.3 Å². The van der Waals surface area contributed by atoms with Crippen LogP contribution >= 0.6 is 11.8 Å². The van der Waals surface area contributed by atoms with Crippen LogP contribution in [-0.4, -0.2) is 35.1 Å². The van der Waals surface area contributed by atoms with E-state index in [0.29, 0.717) is 4.75 Å². The van der Waals surface area contributed by atoms with Gasteiger partial charge in [-0.2, -0.15) is 11.8 Å². The zero-order valence-corrected chi connectivity index (χ0v) is 13.3. The smallest absolute Gasteiger partial charge is 0.131 e. The van der Waals surface area contributed by atoms with E-state index in [4.69, 9.17) is 4.98 Å². The predicted octanol–water partition coefficient (Wildman–Crippen LogP) is 2.83. The fraction of sp³-hybridized carbons (Fsp3) is 0.667. The number of pyridine rings is 1. The van der Waals surface area contributed by atoms with E-state index in [9.17, 15) is 0 Å². The van der Waals surface area contributed by atoms with Crippen molar-refractivity contribution in [2.24, 2.45) is 0 Å². The summed E-state index contributed by atoms with van der Waals surface area (Å²) >= 11 is 2.06. The van der Waals surface area contributed by atoms with Crippen molar-refractivity contribution in [1.82, 2.24) is 10.3 Å². The topological polar surface area (TPSA) is 28.2 Å². The predicted molar refractivity (Wildman–Crippen MR) is 85.1 cm³/mol. The molecule has 1 aromatic heterocycles. The summed E-state index contributed by atoms with van der Waals surface area (Å²) in [6.45, 7) is 13.0. The van der Waals surface area contributed by atoms with Gasteiger partial charge in [-0.3, -0.25) is 0 Å². The van der Waals surface area contributed by atoms with Gasteiger partial charge in [0.05, 0.1) is 0 Å². The number of nitrogens with one attached hydrogen (secondary N) is 1. The molecule has 1 aliphatic heterocycles. The number of hydrogen-bond donors (Lipinski definition) is 1. The molecule has 0 unspecified atom stereocenters. The Kier molecular flexibility index (Phi) is 4.74. The zero-order valence-electron chi connectivity index (χ0n) is 12.5. The summed E-state index contributed by atoms with van der Waals surface area (Å²) in [5, 5.41) is 3.35. The molecule has 0 aliphatic carbocycles. The van der Waals surface area contributed by atoms with E-state index in [0.717, 1.165) is 32.0 Å². The van der Waals surface area contributed by atoms with Gasteiger partial charge in [0.15, 0.2) is 0 Å². The lowest BCUT2D eigenvalue weighted by Gasteiger charge is -2.38. The third-order valence-electron chi connectivity index (χ3n) is 3.41. The summed E-state index contributed by atoms with van der Waals surface area (Å²) in [6.07, 6.45) is 2.01. The zero-order chi connectivity index (χ0) is 13.9. The Morgan fingerprint density at radius 2 is 2.26 bits per heavy atom. The van der Waals surface area contributed by atoms with Crippen molar-refractivity contribution in [3.05, 3.63) is 23.4 Å². The lowest BCUT2D eigenvalue weighted by atomic mass is 10.1. The first-order chi connectivity index (χ1) is 9.02. The van der Waals surface area contributed by atoms with Crippen LogP contribution in [-0.2, 0) is 6.54 Å². The van der Waals surface area contributed by atoms with E-state index in [2.05, 4.69) is 55.7 Å². The van der Waals surface area contributed by atoms with Crippen molar-refractivity contribution in [1.29, 1.82) is 0 Å². The Balaban J connectivity index is 2.12. The molecule has 4 heteroatoms. The molecule has 0 spiro atoms. The van der Waals surface area contributed by atoms with Gasteiger partial charge in [-0.15, -0.1) is 0 Å². The lowest BCUT2D eigenvalue weighted by Crippen LogP contribution is -2.43. The van der Waals surface area contributed by atoms with Crippen molar-refractivity contribution in [3.8, 4) is 0 Å². The molecule has 106 valence electrons. The van der Waals surface area contributed by atoms with E-state index in [1.807, 2.05) is 6.20 Å². The fourth-order valence-electron chi connectivity index (χ4n) is 2.52. The number of hydrogen-bond acceptors (Lipinski definition) is 4. The molecule has 0 amide bonds. The molecule has 1 aromatic rings. The van der Waals surface area contributed by atoms with Crippen LogP contribution in [0.1, 0.15) is 31.9 Å². The van der Waals surface area contributed by atoms with Gasteiger partial charge in [0.2, 0.25) is 0 Å². The monoisotopic (exact) mass is 279 g/mol. The number of anilines is 1. The summed E-state index contributed by atoms with van der Waals surface area (Å²) in [4.78, 5) is 7.13. The molecule has 1 N–H and O–H groups in total. The van der Waals surface area contributed by atoms with Crippen LogP contribution in [0.3, 0.4) is 0 Å². The molecule has 0 aromatic carbocycles. The van der Waals surface area contributed by atoms with Crippen LogP contribution < -0.4 is 10.2 Å². The summed E-state index contributed by atoms with van der Waals surface area (Å²) < 4.78 is 0.328. The highest BCUT2D eigenvalue weighted by Crippen LogP contribution is 2.32. The van der Waals surface area contributed by atoms with Crippen molar-refractivity contribution in [2.45, 2.75) is 39.0 Å². The fourth-order valence-corrected chi connectivity index (χ4v) is 3.63. The maximum atomic E-state index is 4.70. The Morgan fingerprint density at radius 1 is 1.47 bits per heavy atom. The Hall–Kier alpha value is -0.740. The average Bonchev–Trinajstić information content (AvgIpc) is 2.35. The third kappa shape index (κ3) is 3.86. The van der Waals surface area contributed by atoms with Gasteiger partial charge in [0, 0.05) is 36.3 Å². The Labute approximate surface area is 121 Å². The molecule has 1 saturated heterocycles. The molecule has 0 atom stereocenters. The van der Waals surface area contributed by atoms with E-state index in [1.165, 1.54) is 16.9 Å². The van der Waals surface area contributed by atoms with E-state index < -0.39 is 0 Å². The maximum Gasteiger partial charge on any atom is 0.131 e. The molecule has 19 heavy (non-hydrogen) atoms. The van der Waals surface area contributed by atoms with Crippen LogP contribution in [0.2, 0.25) is 0 Å². The second kappa shape index (κ2) is 6.14. The van der Waals surface area contributed by atoms with E-state index in [1.54, 1.807) is 0 Å². The molecule has 2 heterocycles. The van der Waals surface area contributed by atoms with Crippen LogP contribution in [0, 0.1) is 6.92 Å².